The van der Waals surface area contributed by atoms with Crippen LogP contribution < -0.4 is 5.32 Å². The van der Waals surface area contributed by atoms with Gasteiger partial charge in [-0.25, -0.2) is 9.83 Å². The van der Waals surface area contributed by atoms with Crippen molar-refractivity contribution in [1.82, 2.24) is 4.98 Å². The Labute approximate surface area is 134 Å². The second kappa shape index (κ2) is 5.43. The molecule has 0 atom stereocenters. The second-order valence-corrected chi connectivity index (χ2v) is 5.30. The maximum atomic E-state index is 7.05. The van der Waals surface area contributed by atoms with Crippen molar-refractivity contribution >= 4 is 38.9 Å². The van der Waals surface area contributed by atoms with E-state index >= 15 is 0 Å². The summed E-state index contributed by atoms with van der Waals surface area (Å²) >= 11 is 0. The molecular formula is C20H13N3. The molecule has 4 rings (SSSR count). The van der Waals surface area contributed by atoms with Gasteiger partial charge in [0, 0.05) is 16.5 Å². The van der Waals surface area contributed by atoms with Crippen molar-refractivity contribution in [1.29, 1.82) is 0 Å². The van der Waals surface area contributed by atoms with Crippen LogP contribution in [0, 0.1) is 6.57 Å². The number of nitrogens with zero attached hydrogens (tertiary/aromatic N) is 2. The van der Waals surface area contributed by atoms with Crippen LogP contribution in [0.4, 0.5) is 17.1 Å². The van der Waals surface area contributed by atoms with E-state index in [1.54, 1.807) is 0 Å². The molecule has 0 fully saturated rings. The summed E-state index contributed by atoms with van der Waals surface area (Å²) in [6.07, 6.45) is 0. The van der Waals surface area contributed by atoms with E-state index in [0.717, 1.165) is 33.2 Å². The summed E-state index contributed by atoms with van der Waals surface area (Å²) in [4.78, 5) is 8.16. The summed E-state index contributed by atoms with van der Waals surface area (Å²) < 4.78 is 0. The number of benzene rings is 3. The van der Waals surface area contributed by atoms with Crippen LogP contribution in [0.2, 0.25) is 0 Å². The Bertz CT molecular complexity index is 990. The molecule has 4 aromatic rings. The summed E-state index contributed by atoms with van der Waals surface area (Å²) in [5.41, 5.74) is 4.57. The Balaban J connectivity index is 1.93. The minimum absolute atomic E-state index is 0.639. The Morgan fingerprint density at radius 2 is 1.30 bits per heavy atom. The lowest BCUT2D eigenvalue weighted by Gasteiger charge is -2.13. The zero-order valence-electron chi connectivity index (χ0n) is 12.3. The number of nitrogens with one attached hydrogen (secondary N) is 1. The predicted octanol–water partition coefficient (Wildman–Crippen LogP) is 5.68. The lowest BCUT2D eigenvalue weighted by molar-refractivity contribution is 1.48. The SMILES string of the molecule is [C-]#[N+]c1ccc(Nc2c3ccccc3nc3ccccc23)cc1. The first-order valence-electron chi connectivity index (χ1n) is 7.37. The molecule has 0 saturated heterocycles. The van der Waals surface area contributed by atoms with Crippen molar-refractivity contribution in [2.24, 2.45) is 0 Å². The first-order chi connectivity index (χ1) is 11.3. The zero-order chi connectivity index (χ0) is 15.6. The molecule has 1 heterocycles. The predicted molar refractivity (Wildman–Crippen MR) is 95.2 cm³/mol. The molecule has 1 aromatic heterocycles. The third-order valence-corrected chi connectivity index (χ3v) is 3.85. The third-order valence-electron chi connectivity index (χ3n) is 3.85. The van der Waals surface area contributed by atoms with Crippen molar-refractivity contribution in [3.63, 3.8) is 0 Å². The number of rotatable bonds is 2. The molecule has 0 aliphatic carbocycles. The Morgan fingerprint density at radius 3 is 1.87 bits per heavy atom. The van der Waals surface area contributed by atoms with E-state index in [-0.39, 0.29) is 0 Å². The van der Waals surface area contributed by atoms with Gasteiger partial charge in [0.1, 0.15) is 0 Å². The average molecular weight is 295 g/mol. The Morgan fingerprint density at radius 1 is 0.739 bits per heavy atom. The molecule has 3 nitrogen and oxygen atoms in total. The Hall–Kier alpha value is -3.38. The molecule has 0 aliphatic rings. The molecule has 3 aromatic carbocycles. The molecule has 0 radical (unpaired) electrons. The van der Waals surface area contributed by atoms with Gasteiger partial charge >= 0.3 is 0 Å². The van der Waals surface area contributed by atoms with Crippen molar-refractivity contribution < 1.29 is 0 Å². The number of pyridine rings is 1. The van der Waals surface area contributed by atoms with Crippen molar-refractivity contribution in [3.8, 4) is 0 Å². The normalized spacial score (nSPS) is 10.6. The van der Waals surface area contributed by atoms with Gasteiger partial charge in [-0.1, -0.05) is 48.5 Å². The number of hydrogen-bond acceptors (Lipinski definition) is 2. The summed E-state index contributed by atoms with van der Waals surface area (Å²) in [5, 5.41) is 5.67. The molecule has 0 saturated carbocycles. The molecule has 23 heavy (non-hydrogen) atoms. The zero-order valence-corrected chi connectivity index (χ0v) is 12.3. The second-order valence-electron chi connectivity index (χ2n) is 5.30. The highest BCUT2D eigenvalue weighted by molar-refractivity contribution is 6.08. The van der Waals surface area contributed by atoms with Crippen LogP contribution in [0.25, 0.3) is 26.7 Å². The van der Waals surface area contributed by atoms with Crippen LogP contribution in [0.3, 0.4) is 0 Å². The van der Waals surface area contributed by atoms with Gasteiger partial charge < -0.3 is 5.32 Å². The molecule has 108 valence electrons. The maximum absolute atomic E-state index is 7.05. The molecule has 0 unspecified atom stereocenters. The number of aromatic nitrogens is 1. The average Bonchev–Trinajstić information content (AvgIpc) is 2.62. The monoisotopic (exact) mass is 295 g/mol. The van der Waals surface area contributed by atoms with Gasteiger partial charge in [0.2, 0.25) is 0 Å². The van der Waals surface area contributed by atoms with Gasteiger partial charge in [0.25, 0.3) is 0 Å². The van der Waals surface area contributed by atoms with Crippen LogP contribution in [0.1, 0.15) is 0 Å². The minimum Gasteiger partial charge on any atom is -0.355 e. The van der Waals surface area contributed by atoms with E-state index in [0.29, 0.717) is 5.69 Å². The summed E-state index contributed by atoms with van der Waals surface area (Å²) in [6.45, 7) is 7.05. The maximum Gasteiger partial charge on any atom is 0.187 e. The van der Waals surface area contributed by atoms with E-state index in [1.807, 2.05) is 60.7 Å². The fourth-order valence-electron chi connectivity index (χ4n) is 2.74. The molecular weight excluding hydrogens is 282 g/mol. The van der Waals surface area contributed by atoms with Gasteiger partial charge in [-0.05, 0) is 24.3 Å². The van der Waals surface area contributed by atoms with E-state index in [2.05, 4.69) is 22.3 Å². The molecule has 0 aliphatic heterocycles. The number of fused-ring (bicyclic) bond motifs is 2. The van der Waals surface area contributed by atoms with Gasteiger partial charge in [-0.3, -0.25) is 0 Å². The lowest BCUT2D eigenvalue weighted by atomic mass is 10.1. The molecule has 0 amide bonds. The fraction of sp³-hybridized carbons (Fsp3) is 0. The van der Waals surface area contributed by atoms with Crippen molar-refractivity contribution in [2.75, 3.05) is 5.32 Å². The summed E-state index contributed by atoms with van der Waals surface area (Å²) in [5.74, 6) is 0. The molecule has 0 spiro atoms. The lowest BCUT2D eigenvalue weighted by Crippen LogP contribution is -1.94. The number of anilines is 2. The first kappa shape index (κ1) is 13.3. The van der Waals surface area contributed by atoms with E-state index < -0.39 is 0 Å². The van der Waals surface area contributed by atoms with E-state index in [1.165, 1.54) is 0 Å². The van der Waals surface area contributed by atoms with Crippen molar-refractivity contribution in [2.45, 2.75) is 0 Å². The fourth-order valence-corrected chi connectivity index (χ4v) is 2.74. The molecule has 1 N–H and O–H groups in total. The van der Waals surface area contributed by atoms with Gasteiger partial charge in [-0.15, -0.1) is 0 Å². The first-order valence-corrected chi connectivity index (χ1v) is 7.37. The standard InChI is InChI=1S/C20H13N3/c1-21-14-10-12-15(13-11-14)22-20-16-6-2-4-8-18(16)23-19-9-5-3-7-17(19)20/h2-13H,(H,22,23). The highest BCUT2D eigenvalue weighted by Crippen LogP contribution is 2.33. The van der Waals surface area contributed by atoms with Crippen molar-refractivity contribution in [3.05, 3.63) is 84.2 Å². The minimum atomic E-state index is 0.639. The van der Waals surface area contributed by atoms with Gasteiger partial charge in [-0.2, -0.15) is 0 Å². The molecule has 3 heteroatoms. The van der Waals surface area contributed by atoms with Crippen LogP contribution in [0.5, 0.6) is 0 Å². The van der Waals surface area contributed by atoms with Crippen LogP contribution >= 0.6 is 0 Å². The highest BCUT2D eigenvalue weighted by Gasteiger charge is 2.08. The molecule has 0 bridgehead atoms. The van der Waals surface area contributed by atoms with Crippen LogP contribution in [-0.2, 0) is 0 Å². The largest absolute Gasteiger partial charge is 0.355 e. The number of para-hydroxylation sites is 2. The van der Waals surface area contributed by atoms with Gasteiger partial charge in [0.05, 0.1) is 23.3 Å². The van der Waals surface area contributed by atoms with E-state index in [9.17, 15) is 0 Å². The highest BCUT2D eigenvalue weighted by atomic mass is 14.9. The van der Waals surface area contributed by atoms with Crippen LogP contribution in [-0.4, -0.2) is 4.98 Å². The Kier molecular flexibility index (Phi) is 3.14. The smallest absolute Gasteiger partial charge is 0.187 e. The quantitative estimate of drug-likeness (QED) is 0.380. The van der Waals surface area contributed by atoms with Crippen LogP contribution in [0.15, 0.2) is 72.8 Å². The summed E-state index contributed by atoms with van der Waals surface area (Å²) in [6, 6.07) is 23.7. The topological polar surface area (TPSA) is 29.3 Å². The van der Waals surface area contributed by atoms with Gasteiger partial charge in [0.15, 0.2) is 5.69 Å². The third kappa shape index (κ3) is 2.37. The van der Waals surface area contributed by atoms with E-state index in [4.69, 9.17) is 11.6 Å². The summed E-state index contributed by atoms with van der Waals surface area (Å²) in [7, 11) is 0. The number of hydrogen-bond donors (Lipinski definition) is 1.